The van der Waals surface area contributed by atoms with Crippen LogP contribution in [0, 0.1) is 0 Å². The minimum absolute atomic E-state index is 0.0378. The van der Waals surface area contributed by atoms with E-state index in [1.807, 2.05) is 78.9 Å². The van der Waals surface area contributed by atoms with E-state index in [2.05, 4.69) is 43.5 Å². The standard InChI is InChI=1S/C56H77N11O7/c1-2-3-4-5-9-28-50(68)62-44(25-14-16-29-57)52(70)65-47(32-37-19-7-6-8-20-37)54(72)63-45(26-15-17-30-58)53(71)66-48(34-39-36-61-43-24-13-11-22-41(39)43)56(74)67-31-18-27-49(67)55(73)64-46(51(59)69)33-38-35-60-42-23-12-10-21-40(38)42/h6-8,10-13,19-24,35-36,44-49,60-61H,2-5,9,14-18,25-34,57-58H2,1H3,(H2,59,69)(H,62,68)(H,63,72)(H,64,73)(H,65,70)(H,66,71)/t44-,45-,46-,47-,48-,49-/m1/s1. The fourth-order valence-electron chi connectivity index (χ4n) is 9.79. The first-order chi connectivity index (χ1) is 35.9. The maximum atomic E-state index is 15.0. The van der Waals surface area contributed by atoms with Gasteiger partial charge in [0.05, 0.1) is 0 Å². The lowest BCUT2D eigenvalue weighted by Crippen LogP contribution is -2.60. The van der Waals surface area contributed by atoms with Crippen LogP contribution in [0.25, 0.3) is 21.8 Å². The summed E-state index contributed by atoms with van der Waals surface area (Å²) < 4.78 is 0. The van der Waals surface area contributed by atoms with Gasteiger partial charge in [-0.15, -0.1) is 0 Å². The van der Waals surface area contributed by atoms with Crippen LogP contribution in [0.3, 0.4) is 0 Å². The number of amides is 7. The lowest BCUT2D eigenvalue weighted by Gasteiger charge is -2.31. The van der Waals surface area contributed by atoms with E-state index < -0.39 is 71.7 Å². The molecule has 18 nitrogen and oxygen atoms in total. The lowest BCUT2D eigenvalue weighted by atomic mass is 10.0. The van der Waals surface area contributed by atoms with Gasteiger partial charge in [0.1, 0.15) is 36.3 Å². The van der Waals surface area contributed by atoms with E-state index in [4.69, 9.17) is 17.2 Å². The number of aromatic amines is 2. The predicted octanol–water partition coefficient (Wildman–Crippen LogP) is 4.20. The number of hydrogen-bond acceptors (Lipinski definition) is 9. The molecule has 5 aromatic rings. The van der Waals surface area contributed by atoms with Gasteiger partial charge in [-0.05, 0) is 99.7 Å². The quantitative estimate of drug-likeness (QED) is 0.0285. The maximum absolute atomic E-state index is 15.0. The van der Waals surface area contributed by atoms with Crippen molar-refractivity contribution in [3.8, 4) is 0 Å². The number of primary amides is 1. The maximum Gasteiger partial charge on any atom is 0.246 e. The van der Waals surface area contributed by atoms with Crippen LogP contribution in [0.4, 0.5) is 0 Å². The van der Waals surface area contributed by atoms with Crippen molar-refractivity contribution < 1.29 is 33.6 Å². The molecule has 0 bridgehead atoms. The van der Waals surface area contributed by atoms with Crippen LogP contribution in [0.1, 0.15) is 114 Å². The van der Waals surface area contributed by atoms with Gasteiger partial charge in [0.15, 0.2) is 0 Å². The van der Waals surface area contributed by atoms with Gasteiger partial charge in [0.25, 0.3) is 0 Å². The molecule has 6 rings (SSSR count). The molecule has 74 heavy (non-hydrogen) atoms. The highest BCUT2D eigenvalue weighted by molar-refractivity contribution is 5.98. The zero-order valence-corrected chi connectivity index (χ0v) is 42.8. The molecule has 0 spiro atoms. The van der Waals surface area contributed by atoms with Crippen molar-refractivity contribution in [1.29, 1.82) is 0 Å². The number of likely N-dealkylation sites (tertiary alicyclic amines) is 1. The van der Waals surface area contributed by atoms with Gasteiger partial charge < -0.3 is 58.7 Å². The van der Waals surface area contributed by atoms with Gasteiger partial charge in [-0.3, -0.25) is 33.6 Å². The van der Waals surface area contributed by atoms with Gasteiger partial charge in [0.2, 0.25) is 41.4 Å². The summed E-state index contributed by atoms with van der Waals surface area (Å²) in [5.74, 6) is -3.84. The van der Waals surface area contributed by atoms with Crippen molar-refractivity contribution in [2.45, 2.75) is 152 Å². The first kappa shape index (κ1) is 56.2. The van der Waals surface area contributed by atoms with Crippen LogP contribution < -0.4 is 43.8 Å². The Hall–Kier alpha value is -7.05. The first-order valence-electron chi connectivity index (χ1n) is 26.5. The Morgan fingerprint density at radius 3 is 1.70 bits per heavy atom. The van der Waals surface area contributed by atoms with Gasteiger partial charge in [-0.2, -0.15) is 0 Å². The zero-order chi connectivity index (χ0) is 52.8. The molecule has 398 valence electrons. The molecule has 0 unspecified atom stereocenters. The number of nitrogens with one attached hydrogen (secondary N) is 7. The summed E-state index contributed by atoms with van der Waals surface area (Å²) in [5.41, 5.74) is 21.5. The molecule has 1 fully saturated rings. The fourth-order valence-corrected chi connectivity index (χ4v) is 9.79. The van der Waals surface area contributed by atoms with Crippen LogP contribution in [0.2, 0.25) is 0 Å². The molecular weight excluding hydrogens is 939 g/mol. The van der Waals surface area contributed by atoms with Crippen LogP contribution in [-0.4, -0.2) is 112 Å². The van der Waals surface area contributed by atoms with Crippen molar-refractivity contribution in [2.75, 3.05) is 19.6 Å². The number of nitrogens with zero attached hydrogens (tertiary/aromatic N) is 1. The number of nitrogens with two attached hydrogens (primary N) is 3. The highest BCUT2D eigenvalue weighted by Crippen LogP contribution is 2.25. The number of H-pyrrole nitrogens is 2. The van der Waals surface area contributed by atoms with Crippen molar-refractivity contribution in [3.05, 3.63) is 108 Å². The number of carbonyl (C=O) groups excluding carboxylic acids is 7. The van der Waals surface area contributed by atoms with E-state index in [0.717, 1.165) is 64.2 Å². The average Bonchev–Trinajstić information content (AvgIpc) is 4.17. The Bertz CT molecular complexity index is 2630. The van der Waals surface area contributed by atoms with Gasteiger partial charge in [-0.25, -0.2) is 0 Å². The van der Waals surface area contributed by atoms with Crippen LogP contribution in [0.5, 0.6) is 0 Å². The third-order valence-corrected chi connectivity index (χ3v) is 13.9. The topological polar surface area (TPSA) is 293 Å². The molecule has 6 atom stereocenters. The Kier molecular flexibility index (Phi) is 22.0. The third-order valence-electron chi connectivity index (χ3n) is 13.9. The molecule has 3 aromatic carbocycles. The van der Waals surface area contributed by atoms with Crippen molar-refractivity contribution in [3.63, 3.8) is 0 Å². The summed E-state index contributed by atoms with van der Waals surface area (Å²) in [5, 5.41) is 16.3. The minimum Gasteiger partial charge on any atom is -0.368 e. The molecule has 1 saturated heterocycles. The Labute approximate surface area is 433 Å². The van der Waals surface area contributed by atoms with Gasteiger partial charge >= 0.3 is 0 Å². The third kappa shape index (κ3) is 16.2. The van der Waals surface area contributed by atoms with E-state index >= 15 is 0 Å². The number of unbranched alkanes of at least 4 members (excludes halogenated alkanes) is 6. The van der Waals surface area contributed by atoms with E-state index in [1.165, 1.54) is 4.90 Å². The normalized spacial score (nSPS) is 15.4. The molecule has 0 aliphatic carbocycles. The molecular formula is C56H77N11O7. The SMILES string of the molecule is CCCCCCCC(=O)N[C@H](CCCCN)C(=O)N[C@H](Cc1ccccc1)C(=O)N[C@H](CCCCN)C(=O)N[C@H](Cc1c[nH]c2ccccc12)C(=O)N1CCC[C@@H]1C(=O)N[C@H](Cc1c[nH]c2ccccc12)C(N)=O. The summed E-state index contributed by atoms with van der Waals surface area (Å²) in [6.45, 7) is 3.09. The molecule has 13 N–H and O–H groups in total. The molecule has 0 saturated carbocycles. The van der Waals surface area contributed by atoms with Gasteiger partial charge in [-0.1, -0.05) is 99.3 Å². The number of para-hydroxylation sites is 2. The van der Waals surface area contributed by atoms with E-state index in [1.54, 1.807) is 12.4 Å². The first-order valence-corrected chi connectivity index (χ1v) is 26.5. The largest absolute Gasteiger partial charge is 0.368 e. The van der Waals surface area contributed by atoms with Crippen LogP contribution >= 0.6 is 0 Å². The highest BCUT2D eigenvalue weighted by Gasteiger charge is 2.40. The summed E-state index contributed by atoms with van der Waals surface area (Å²) in [6.07, 6.45) is 12.4. The molecule has 3 heterocycles. The molecule has 1 aliphatic heterocycles. The second kappa shape index (κ2) is 29.0. The Morgan fingerprint density at radius 1 is 0.581 bits per heavy atom. The summed E-state index contributed by atoms with van der Waals surface area (Å²) >= 11 is 0. The number of aromatic nitrogens is 2. The highest BCUT2D eigenvalue weighted by atomic mass is 16.2. The van der Waals surface area contributed by atoms with Crippen LogP contribution in [-0.2, 0) is 52.8 Å². The summed E-state index contributed by atoms with van der Waals surface area (Å²) in [6, 6.07) is 17.8. The number of hydrogen-bond donors (Lipinski definition) is 10. The van der Waals surface area contributed by atoms with E-state index in [9.17, 15) is 33.6 Å². The van der Waals surface area contributed by atoms with Gasteiger partial charge in [0, 0.05) is 66.4 Å². The van der Waals surface area contributed by atoms with E-state index in [-0.39, 0.29) is 44.6 Å². The van der Waals surface area contributed by atoms with Crippen molar-refractivity contribution in [2.24, 2.45) is 17.2 Å². The molecule has 2 aromatic heterocycles. The number of fused-ring (bicyclic) bond motifs is 2. The van der Waals surface area contributed by atoms with Crippen molar-refractivity contribution >= 4 is 63.2 Å². The summed E-state index contributed by atoms with van der Waals surface area (Å²) in [7, 11) is 0. The fraction of sp³-hybridized carbons (Fsp3) is 0.482. The second-order valence-corrected chi connectivity index (χ2v) is 19.5. The number of carbonyl (C=O) groups is 7. The number of benzene rings is 3. The average molecular weight is 1020 g/mol. The molecule has 7 amide bonds. The smallest absolute Gasteiger partial charge is 0.246 e. The monoisotopic (exact) mass is 1020 g/mol. The molecule has 18 heteroatoms. The Morgan fingerprint density at radius 2 is 1.11 bits per heavy atom. The summed E-state index contributed by atoms with van der Waals surface area (Å²) in [4.78, 5) is 107. The zero-order valence-electron chi connectivity index (χ0n) is 42.8. The lowest BCUT2D eigenvalue weighted by molar-refractivity contribution is -0.142. The molecule has 1 aliphatic rings. The number of rotatable bonds is 31. The predicted molar refractivity (Wildman–Crippen MR) is 287 cm³/mol. The minimum atomic E-state index is -1.20. The van der Waals surface area contributed by atoms with E-state index in [0.29, 0.717) is 64.5 Å². The second-order valence-electron chi connectivity index (χ2n) is 19.5. The molecule has 0 radical (unpaired) electrons. The Balaban J connectivity index is 1.23. The van der Waals surface area contributed by atoms with Crippen LogP contribution in [0.15, 0.2) is 91.3 Å². The van der Waals surface area contributed by atoms with Crippen molar-refractivity contribution in [1.82, 2.24) is 41.5 Å².